The van der Waals surface area contributed by atoms with Gasteiger partial charge in [0.25, 0.3) is 5.91 Å². The maximum atomic E-state index is 14.0. The first kappa shape index (κ1) is 31.5. The van der Waals surface area contributed by atoms with Crippen LogP contribution in [0.3, 0.4) is 0 Å². The van der Waals surface area contributed by atoms with Crippen LogP contribution in [-0.2, 0) is 30.5 Å². The molecule has 5 rings (SSSR count). The van der Waals surface area contributed by atoms with Gasteiger partial charge in [0.2, 0.25) is 5.91 Å². The highest BCUT2D eigenvalue weighted by Crippen LogP contribution is 2.33. The van der Waals surface area contributed by atoms with Crippen molar-refractivity contribution in [1.29, 1.82) is 0 Å². The van der Waals surface area contributed by atoms with E-state index in [1.54, 1.807) is 6.92 Å². The van der Waals surface area contributed by atoms with Gasteiger partial charge in [-0.05, 0) is 53.9 Å². The van der Waals surface area contributed by atoms with E-state index < -0.39 is 30.0 Å². The van der Waals surface area contributed by atoms with Gasteiger partial charge in [0, 0.05) is 23.4 Å². The number of ketones is 1. The van der Waals surface area contributed by atoms with Crippen LogP contribution in [0.4, 0.5) is 13.2 Å². The second-order valence-electron chi connectivity index (χ2n) is 10.5. The van der Waals surface area contributed by atoms with Crippen molar-refractivity contribution in [1.82, 2.24) is 14.6 Å². The van der Waals surface area contributed by atoms with Gasteiger partial charge < -0.3 is 19.7 Å². The normalized spacial score (nSPS) is 11.5. The quantitative estimate of drug-likeness (QED) is 0.168. The van der Waals surface area contributed by atoms with Crippen LogP contribution in [0.5, 0.6) is 0 Å². The number of primary amides is 1. The number of Topliss-reactive ketones (excluding diaryl/α,β-unsaturated/α-hetero) is 1. The van der Waals surface area contributed by atoms with Crippen molar-refractivity contribution < 1.29 is 32.1 Å². The molecule has 3 aromatic heterocycles. The van der Waals surface area contributed by atoms with Crippen LogP contribution in [0.15, 0.2) is 82.0 Å². The Morgan fingerprint density at radius 1 is 1.02 bits per heavy atom. The van der Waals surface area contributed by atoms with Gasteiger partial charge in [-0.3, -0.25) is 14.4 Å². The van der Waals surface area contributed by atoms with E-state index in [1.165, 1.54) is 52.0 Å². The third kappa shape index (κ3) is 6.91. The SMILES string of the molecule is Cc1onc(-c2ccccc2)c1CN(CC(=O)c1cc(C(N)=O)c(C)n1Cc1ccccc1C(F)(F)F)C(=O)Cc1ccsc1. The molecule has 45 heavy (non-hydrogen) atoms. The Balaban J connectivity index is 1.52. The Morgan fingerprint density at radius 2 is 1.73 bits per heavy atom. The first-order valence-electron chi connectivity index (χ1n) is 13.9. The zero-order chi connectivity index (χ0) is 32.3. The highest BCUT2D eigenvalue weighted by atomic mass is 32.1. The van der Waals surface area contributed by atoms with Crippen molar-refractivity contribution in [2.24, 2.45) is 5.73 Å². The molecule has 0 saturated carbocycles. The average Bonchev–Trinajstić information content (AvgIpc) is 3.73. The third-order valence-electron chi connectivity index (χ3n) is 7.57. The topological polar surface area (TPSA) is 111 Å². The zero-order valence-electron chi connectivity index (χ0n) is 24.4. The van der Waals surface area contributed by atoms with Crippen LogP contribution in [0.25, 0.3) is 11.3 Å². The minimum Gasteiger partial charge on any atom is -0.366 e. The molecule has 0 saturated heterocycles. The van der Waals surface area contributed by atoms with E-state index in [4.69, 9.17) is 10.3 Å². The molecular weight excluding hydrogens is 605 g/mol. The van der Waals surface area contributed by atoms with E-state index in [-0.39, 0.29) is 47.9 Å². The Morgan fingerprint density at radius 3 is 2.40 bits per heavy atom. The Labute approximate surface area is 260 Å². The number of carbonyl (C=O) groups is 3. The molecular formula is C33H29F3N4O4S. The lowest BCUT2D eigenvalue weighted by Crippen LogP contribution is -2.37. The molecule has 2 N–H and O–H groups in total. The summed E-state index contributed by atoms with van der Waals surface area (Å²) in [5, 5.41) is 7.87. The Hall–Kier alpha value is -4.97. The summed E-state index contributed by atoms with van der Waals surface area (Å²) in [6, 6.07) is 17.4. The Bertz CT molecular complexity index is 1840. The van der Waals surface area contributed by atoms with Crippen molar-refractivity contribution in [2.45, 2.75) is 39.5 Å². The van der Waals surface area contributed by atoms with Gasteiger partial charge in [-0.15, -0.1) is 0 Å². The fourth-order valence-corrected chi connectivity index (χ4v) is 5.86. The molecule has 0 bridgehead atoms. The van der Waals surface area contributed by atoms with Crippen molar-refractivity contribution in [3.8, 4) is 11.3 Å². The van der Waals surface area contributed by atoms with Gasteiger partial charge in [0.15, 0.2) is 5.78 Å². The third-order valence-corrected chi connectivity index (χ3v) is 8.30. The van der Waals surface area contributed by atoms with Gasteiger partial charge in [-0.2, -0.15) is 24.5 Å². The number of alkyl halides is 3. The molecule has 0 aliphatic carbocycles. The van der Waals surface area contributed by atoms with Crippen LogP contribution < -0.4 is 5.73 Å². The van der Waals surface area contributed by atoms with E-state index in [0.29, 0.717) is 17.0 Å². The molecule has 0 unspecified atom stereocenters. The zero-order valence-corrected chi connectivity index (χ0v) is 25.2. The summed E-state index contributed by atoms with van der Waals surface area (Å²) in [7, 11) is 0. The molecule has 2 amide bonds. The molecule has 12 heteroatoms. The molecule has 8 nitrogen and oxygen atoms in total. The summed E-state index contributed by atoms with van der Waals surface area (Å²) in [6.45, 7) is 2.43. The monoisotopic (exact) mass is 634 g/mol. The number of nitrogens with two attached hydrogens (primary N) is 1. The molecule has 232 valence electrons. The summed E-state index contributed by atoms with van der Waals surface area (Å²) in [4.78, 5) is 41.3. The number of hydrogen-bond acceptors (Lipinski definition) is 6. The number of aryl methyl sites for hydroxylation is 1. The standard InChI is InChI=1S/C33H29F3N4O4S/c1-20-25(32(37)43)15-28(40(20)16-24-10-6-7-11-27(24)33(34,35)36)29(41)18-39(30(42)14-22-12-13-45-19-22)17-26-21(2)44-38-31(26)23-8-4-3-5-9-23/h3-13,15,19H,14,16-18H2,1-2H3,(H2,37,43). The highest BCUT2D eigenvalue weighted by Gasteiger charge is 2.34. The smallest absolute Gasteiger partial charge is 0.366 e. The second-order valence-corrected chi connectivity index (χ2v) is 11.3. The molecule has 0 aliphatic heterocycles. The van der Waals surface area contributed by atoms with Crippen molar-refractivity contribution in [3.05, 3.63) is 122 Å². The molecule has 2 aromatic carbocycles. The van der Waals surface area contributed by atoms with Crippen molar-refractivity contribution >= 4 is 28.9 Å². The van der Waals surface area contributed by atoms with E-state index in [1.807, 2.05) is 47.2 Å². The van der Waals surface area contributed by atoms with Gasteiger partial charge in [0.1, 0.15) is 11.5 Å². The largest absolute Gasteiger partial charge is 0.416 e. The van der Waals surface area contributed by atoms with Crippen LogP contribution in [0, 0.1) is 13.8 Å². The first-order valence-corrected chi connectivity index (χ1v) is 14.9. The fourth-order valence-electron chi connectivity index (χ4n) is 5.19. The van der Waals surface area contributed by atoms with Gasteiger partial charge in [-0.1, -0.05) is 53.7 Å². The number of amides is 2. The van der Waals surface area contributed by atoms with Gasteiger partial charge >= 0.3 is 6.18 Å². The lowest BCUT2D eigenvalue weighted by Gasteiger charge is -2.23. The summed E-state index contributed by atoms with van der Waals surface area (Å²) in [5.74, 6) is -1.30. The van der Waals surface area contributed by atoms with Crippen LogP contribution in [0.1, 0.15) is 54.6 Å². The minimum absolute atomic E-state index is 0.000215. The maximum Gasteiger partial charge on any atom is 0.416 e. The van der Waals surface area contributed by atoms with Crippen LogP contribution in [0.2, 0.25) is 0 Å². The summed E-state index contributed by atoms with van der Waals surface area (Å²) in [6.07, 6.45) is -4.61. The van der Waals surface area contributed by atoms with E-state index >= 15 is 0 Å². The summed E-state index contributed by atoms with van der Waals surface area (Å²) >= 11 is 1.43. The van der Waals surface area contributed by atoms with Crippen molar-refractivity contribution in [3.63, 3.8) is 0 Å². The minimum atomic E-state index is -4.63. The molecule has 0 fully saturated rings. The predicted molar refractivity (Wildman–Crippen MR) is 163 cm³/mol. The summed E-state index contributed by atoms with van der Waals surface area (Å²) in [5.41, 5.74) is 7.47. The van der Waals surface area contributed by atoms with Gasteiger partial charge in [-0.25, -0.2) is 0 Å². The van der Waals surface area contributed by atoms with Crippen LogP contribution >= 0.6 is 11.3 Å². The fraction of sp³-hybridized carbons (Fsp3) is 0.212. The molecule has 0 spiro atoms. The molecule has 3 heterocycles. The van der Waals surface area contributed by atoms with E-state index in [0.717, 1.165) is 17.2 Å². The van der Waals surface area contributed by atoms with Gasteiger partial charge in [0.05, 0.1) is 36.3 Å². The number of hydrogen-bond donors (Lipinski definition) is 1. The van der Waals surface area contributed by atoms with Crippen LogP contribution in [-0.4, -0.2) is 38.8 Å². The van der Waals surface area contributed by atoms with E-state index in [9.17, 15) is 27.6 Å². The second kappa shape index (κ2) is 12.9. The number of carbonyl (C=O) groups excluding carboxylic acids is 3. The number of thiophene rings is 1. The highest BCUT2D eigenvalue weighted by molar-refractivity contribution is 7.08. The van der Waals surface area contributed by atoms with Crippen molar-refractivity contribution in [2.75, 3.05) is 6.54 Å². The number of aromatic nitrogens is 2. The number of nitrogens with zero attached hydrogens (tertiary/aromatic N) is 3. The molecule has 0 atom stereocenters. The number of benzene rings is 2. The predicted octanol–water partition coefficient (Wildman–Crippen LogP) is 6.44. The number of rotatable bonds is 11. The number of halogens is 3. The molecule has 0 radical (unpaired) electrons. The summed E-state index contributed by atoms with van der Waals surface area (Å²) < 4.78 is 48.3. The average molecular weight is 635 g/mol. The molecule has 0 aliphatic rings. The lowest BCUT2D eigenvalue weighted by molar-refractivity contribution is -0.138. The van der Waals surface area contributed by atoms with E-state index in [2.05, 4.69) is 5.16 Å². The maximum absolute atomic E-state index is 14.0. The Kier molecular flexibility index (Phi) is 9.05. The molecule has 5 aromatic rings. The first-order chi connectivity index (χ1) is 21.4. The lowest BCUT2D eigenvalue weighted by atomic mass is 10.0.